The van der Waals surface area contributed by atoms with Gasteiger partial charge in [0.25, 0.3) is 5.91 Å². The SMILES string of the molecule is CCC[C@@H](C(=O)O)N1C(=O)/C(=C\c2ccc(-c3ccc(Cl)c(Cl)c3)o2)SC1=S. The molecule has 5 nitrogen and oxygen atoms in total. The molecule has 28 heavy (non-hydrogen) atoms. The van der Waals surface area contributed by atoms with Crippen molar-refractivity contribution in [2.45, 2.75) is 25.8 Å². The number of hydrogen-bond donors (Lipinski definition) is 1. The molecule has 9 heteroatoms. The lowest BCUT2D eigenvalue weighted by atomic mass is 10.1. The molecule has 0 unspecified atom stereocenters. The van der Waals surface area contributed by atoms with Gasteiger partial charge in [-0.1, -0.05) is 60.5 Å². The number of carbonyl (C=O) groups excluding carboxylic acids is 1. The van der Waals surface area contributed by atoms with Gasteiger partial charge in [0.15, 0.2) is 0 Å². The summed E-state index contributed by atoms with van der Waals surface area (Å²) < 4.78 is 6.01. The molecule has 0 radical (unpaired) electrons. The number of carboxylic acids is 1. The summed E-state index contributed by atoms with van der Waals surface area (Å²) in [5, 5.41) is 10.3. The van der Waals surface area contributed by atoms with Gasteiger partial charge in [-0.3, -0.25) is 9.69 Å². The second-order valence-corrected chi connectivity index (χ2v) is 8.52. The highest BCUT2D eigenvalue weighted by Gasteiger charge is 2.40. The van der Waals surface area contributed by atoms with E-state index in [4.69, 9.17) is 39.8 Å². The van der Waals surface area contributed by atoms with Crippen LogP contribution < -0.4 is 0 Å². The van der Waals surface area contributed by atoms with Crippen LogP contribution in [0.2, 0.25) is 10.0 Å². The quantitative estimate of drug-likeness (QED) is 0.444. The zero-order valence-corrected chi connectivity index (χ0v) is 17.8. The number of thioether (sulfide) groups is 1. The van der Waals surface area contributed by atoms with E-state index in [0.29, 0.717) is 39.3 Å². The topological polar surface area (TPSA) is 70.8 Å². The predicted molar refractivity (Wildman–Crippen MR) is 116 cm³/mol. The van der Waals surface area contributed by atoms with Crippen molar-refractivity contribution in [1.82, 2.24) is 4.90 Å². The number of furan rings is 1. The normalized spacial score (nSPS) is 16.8. The van der Waals surface area contributed by atoms with Crippen LogP contribution in [-0.4, -0.2) is 32.2 Å². The molecule has 146 valence electrons. The van der Waals surface area contributed by atoms with Crippen molar-refractivity contribution >= 4 is 69.5 Å². The third kappa shape index (κ3) is 4.27. The number of benzene rings is 1. The minimum Gasteiger partial charge on any atom is -0.480 e. The summed E-state index contributed by atoms with van der Waals surface area (Å²) in [6.07, 6.45) is 2.51. The van der Waals surface area contributed by atoms with Gasteiger partial charge in [-0.2, -0.15) is 0 Å². The number of hydrogen-bond acceptors (Lipinski definition) is 5. The highest BCUT2D eigenvalue weighted by Crippen LogP contribution is 2.36. The van der Waals surface area contributed by atoms with Crippen LogP contribution in [0.3, 0.4) is 0 Å². The number of carboxylic acid groups (broad SMARTS) is 1. The van der Waals surface area contributed by atoms with Gasteiger partial charge in [-0.15, -0.1) is 0 Å². The van der Waals surface area contributed by atoms with Gasteiger partial charge in [0, 0.05) is 11.6 Å². The van der Waals surface area contributed by atoms with E-state index in [2.05, 4.69) is 0 Å². The number of carbonyl (C=O) groups is 2. The van der Waals surface area contributed by atoms with E-state index in [1.807, 2.05) is 6.92 Å². The Labute approximate surface area is 181 Å². The summed E-state index contributed by atoms with van der Waals surface area (Å²) in [7, 11) is 0. The molecular formula is C19H15Cl2NO4S2. The highest BCUT2D eigenvalue weighted by molar-refractivity contribution is 8.26. The first-order valence-electron chi connectivity index (χ1n) is 8.37. The Morgan fingerprint density at radius 1 is 1.32 bits per heavy atom. The summed E-state index contributed by atoms with van der Waals surface area (Å²) in [4.78, 5) is 25.7. The fourth-order valence-corrected chi connectivity index (χ4v) is 4.38. The third-order valence-electron chi connectivity index (χ3n) is 4.09. The Morgan fingerprint density at radius 3 is 2.71 bits per heavy atom. The average Bonchev–Trinajstić information content (AvgIpc) is 3.21. The molecule has 2 aromatic rings. The van der Waals surface area contributed by atoms with E-state index in [-0.39, 0.29) is 4.32 Å². The summed E-state index contributed by atoms with van der Waals surface area (Å²) in [5.74, 6) is -0.485. The minimum atomic E-state index is -1.07. The molecule has 0 bridgehead atoms. The predicted octanol–water partition coefficient (Wildman–Crippen LogP) is 5.71. The maximum atomic E-state index is 12.7. The van der Waals surface area contributed by atoms with Gasteiger partial charge in [0.2, 0.25) is 0 Å². The zero-order valence-electron chi connectivity index (χ0n) is 14.6. The van der Waals surface area contributed by atoms with Crippen LogP contribution in [0.25, 0.3) is 17.4 Å². The molecule has 0 spiro atoms. The van der Waals surface area contributed by atoms with Crippen LogP contribution >= 0.6 is 47.2 Å². The maximum absolute atomic E-state index is 12.7. The molecule has 1 aromatic carbocycles. The Morgan fingerprint density at radius 2 is 2.07 bits per heavy atom. The molecule has 1 fully saturated rings. The lowest BCUT2D eigenvalue weighted by Crippen LogP contribution is -2.43. The fraction of sp³-hybridized carbons (Fsp3) is 0.211. The zero-order chi connectivity index (χ0) is 20.4. The van der Waals surface area contributed by atoms with E-state index < -0.39 is 17.9 Å². The standard InChI is InChI=1S/C19H15Cl2NO4S2/c1-2-3-14(18(24)25)22-17(23)16(28-19(22)27)9-11-5-7-15(26-11)10-4-6-12(20)13(21)8-10/h4-9,14H,2-3H2,1H3,(H,24,25)/b16-9+/t14-/m0/s1. The molecule has 0 saturated carbocycles. The molecular weight excluding hydrogens is 441 g/mol. The van der Waals surface area contributed by atoms with Gasteiger partial charge in [0.05, 0.1) is 15.0 Å². The number of thiocarbonyl (C=S) groups is 1. The van der Waals surface area contributed by atoms with E-state index in [0.717, 1.165) is 17.3 Å². The van der Waals surface area contributed by atoms with Gasteiger partial charge in [-0.25, -0.2) is 4.79 Å². The van der Waals surface area contributed by atoms with Gasteiger partial charge in [-0.05, 0) is 36.8 Å². The van der Waals surface area contributed by atoms with E-state index in [9.17, 15) is 14.7 Å². The number of rotatable bonds is 6. The molecule has 0 aliphatic carbocycles. The van der Waals surface area contributed by atoms with Crippen molar-refractivity contribution < 1.29 is 19.1 Å². The van der Waals surface area contributed by atoms with Gasteiger partial charge in [0.1, 0.15) is 21.9 Å². The Bertz CT molecular complexity index is 986. The summed E-state index contributed by atoms with van der Waals surface area (Å²) >= 11 is 18.3. The molecule has 1 aliphatic heterocycles. The lowest BCUT2D eigenvalue weighted by molar-refractivity contribution is -0.145. The minimum absolute atomic E-state index is 0.230. The van der Waals surface area contributed by atoms with Crippen molar-refractivity contribution in [2.24, 2.45) is 0 Å². The summed E-state index contributed by atoms with van der Waals surface area (Å²) in [6.45, 7) is 1.86. The number of aliphatic carboxylic acids is 1. The molecule has 3 rings (SSSR count). The van der Waals surface area contributed by atoms with Crippen LogP contribution in [0.1, 0.15) is 25.5 Å². The van der Waals surface area contributed by atoms with Crippen molar-refractivity contribution in [3.05, 3.63) is 51.0 Å². The van der Waals surface area contributed by atoms with Crippen molar-refractivity contribution in [3.63, 3.8) is 0 Å². The first-order chi connectivity index (χ1) is 13.3. The molecule has 1 atom stereocenters. The highest BCUT2D eigenvalue weighted by atomic mass is 35.5. The Hall–Kier alpha value is -1.80. The average molecular weight is 456 g/mol. The van der Waals surface area contributed by atoms with Crippen molar-refractivity contribution in [1.29, 1.82) is 0 Å². The molecule has 1 aliphatic rings. The van der Waals surface area contributed by atoms with Gasteiger partial charge >= 0.3 is 5.97 Å². The fourth-order valence-electron chi connectivity index (χ4n) is 2.75. The first-order valence-corrected chi connectivity index (χ1v) is 10.3. The van der Waals surface area contributed by atoms with Crippen LogP contribution in [0.4, 0.5) is 0 Å². The van der Waals surface area contributed by atoms with Crippen molar-refractivity contribution in [3.8, 4) is 11.3 Å². The number of nitrogens with zero attached hydrogens (tertiary/aromatic N) is 1. The van der Waals surface area contributed by atoms with E-state index >= 15 is 0 Å². The van der Waals surface area contributed by atoms with Gasteiger partial charge < -0.3 is 9.52 Å². The monoisotopic (exact) mass is 455 g/mol. The van der Waals surface area contributed by atoms with Crippen LogP contribution in [0.5, 0.6) is 0 Å². The second-order valence-electron chi connectivity index (χ2n) is 6.03. The second kappa shape index (κ2) is 8.69. The third-order valence-corrected chi connectivity index (χ3v) is 6.16. The lowest BCUT2D eigenvalue weighted by Gasteiger charge is -2.22. The number of amides is 1. The molecule has 1 saturated heterocycles. The maximum Gasteiger partial charge on any atom is 0.326 e. The van der Waals surface area contributed by atoms with Crippen LogP contribution in [0, 0.1) is 0 Å². The smallest absolute Gasteiger partial charge is 0.326 e. The Kier molecular flexibility index (Phi) is 6.50. The molecule has 1 aromatic heterocycles. The molecule has 1 N–H and O–H groups in total. The summed E-state index contributed by atoms with van der Waals surface area (Å²) in [6, 6.07) is 7.64. The van der Waals surface area contributed by atoms with Crippen LogP contribution in [0.15, 0.2) is 39.7 Å². The molecule has 1 amide bonds. The van der Waals surface area contributed by atoms with Crippen LogP contribution in [-0.2, 0) is 9.59 Å². The Balaban J connectivity index is 1.85. The summed E-state index contributed by atoms with van der Waals surface area (Å²) in [5.41, 5.74) is 0.746. The number of halogens is 2. The van der Waals surface area contributed by atoms with Crippen molar-refractivity contribution in [2.75, 3.05) is 0 Å². The van der Waals surface area contributed by atoms with E-state index in [1.165, 1.54) is 4.90 Å². The largest absolute Gasteiger partial charge is 0.480 e. The molecule has 2 heterocycles. The first kappa shape index (κ1) is 20.9. The van der Waals surface area contributed by atoms with E-state index in [1.54, 1.807) is 36.4 Å².